The zero-order valence-electron chi connectivity index (χ0n) is 21.0. The summed E-state index contributed by atoms with van der Waals surface area (Å²) in [4.78, 5) is 26.1. The van der Waals surface area contributed by atoms with Crippen LogP contribution in [0.4, 0.5) is 4.39 Å². The van der Waals surface area contributed by atoms with Crippen LogP contribution >= 0.6 is 0 Å². The number of esters is 1. The van der Waals surface area contributed by atoms with Crippen molar-refractivity contribution >= 4 is 17.3 Å². The summed E-state index contributed by atoms with van der Waals surface area (Å²) in [6, 6.07) is 10.9. The second-order valence-electron chi connectivity index (χ2n) is 9.41. The van der Waals surface area contributed by atoms with Gasteiger partial charge >= 0.3 is 5.97 Å². The van der Waals surface area contributed by atoms with Gasteiger partial charge in [0.05, 0.1) is 17.2 Å². The van der Waals surface area contributed by atoms with Crippen LogP contribution < -0.4 is 4.74 Å². The summed E-state index contributed by atoms with van der Waals surface area (Å²) in [7, 11) is 0. The molecule has 0 atom stereocenters. The number of aryl methyl sites for hydroxylation is 1. The molecule has 0 fully saturated rings. The number of Topliss-reactive ketones (excluding diaryl/α,β-unsaturated/α-hetero) is 1. The van der Waals surface area contributed by atoms with Crippen LogP contribution in [0.1, 0.15) is 71.1 Å². The topological polar surface area (TPSA) is 85.6 Å². The maximum absolute atomic E-state index is 14.5. The van der Waals surface area contributed by atoms with Crippen LogP contribution in [0.5, 0.6) is 11.5 Å². The monoisotopic (exact) mass is 479 g/mol. The number of carbonyl (C=O) groups excluding carboxylic acids is 2. The average Bonchev–Trinajstić information content (AvgIpc) is 2.78. The van der Waals surface area contributed by atoms with Gasteiger partial charge in [-0.25, -0.2) is 4.39 Å². The summed E-state index contributed by atoms with van der Waals surface area (Å²) in [6.07, 6.45) is 1.39. The van der Waals surface area contributed by atoms with Gasteiger partial charge in [-0.05, 0) is 82.0 Å². The number of halogens is 1. The zero-order valence-corrected chi connectivity index (χ0v) is 21.0. The van der Waals surface area contributed by atoms with E-state index in [1.165, 1.54) is 12.1 Å². The molecule has 0 saturated heterocycles. The molecular weight excluding hydrogens is 449 g/mol. The third kappa shape index (κ3) is 5.44. The Bertz CT molecular complexity index is 1240. The summed E-state index contributed by atoms with van der Waals surface area (Å²) in [6.45, 7) is 10.7. The van der Waals surface area contributed by atoms with Crippen LogP contribution in [0, 0.1) is 17.1 Å². The molecule has 184 valence electrons. The lowest BCUT2D eigenvalue weighted by Crippen LogP contribution is -2.50. The van der Waals surface area contributed by atoms with Crippen molar-refractivity contribution in [3.05, 3.63) is 64.7 Å². The molecule has 0 radical (unpaired) electrons. The first-order chi connectivity index (χ1) is 16.4. The first kappa shape index (κ1) is 26.1. The number of hydrogen-bond acceptors (Lipinski definition) is 6. The maximum atomic E-state index is 14.5. The van der Waals surface area contributed by atoms with Gasteiger partial charge in [-0.1, -0.05) is 19.9 Å². The minimum absolute atomic E-state index is 0.0539. The van der Waals surface area contributed by atoms with Crippen molar-refractivity contribution in [1.29, 1.82) is 5.26 Å². The molecule has 7 heteroatoms. The quantitative estimate of drug-likeness (QED) is 0.436. The van der Waals surface area contributed by atoms with Crippen LogP contribution in [0.2, 0.25) is 0 Å². The van der Waals surface area contributed by atoms with Crippen molar-refractivity contribution < 1.29 is 28.2 Å². The SMILES string of the molecule is CCCC(=O)OC1=C(c2cc(Oc3ccc(C#N)cc3F)ccc2CC)C(=O)C(C)(C)OC1(C)C. The second-order valence-corrected chi connectivity index (χ2v) is 9.41. The van der Waals surface area contributed by atoms with Crippen LogP contribution in [0.25, 0.3) is 5.57 Å². The highest BCUT2D eigenvalue weighted by Crippen LogP contribution is 2.43. The van der Waals surface area contributed by atoms with Gasteiger partial charge in [0, 0.05) is 6.42 Å². The van der Waals surface area contributed by atoms with Gasteiger partial charge < -0.3 is 14.2 Å². The zero-order chi connectivity index (χ0) is 26.0. The van der Waals surface area contributed by atoms with E-state index in [1.54, 1.807) is 45.9 Å². The highest BCUT2D eigenvalue weighted by Gasteiger charge is 2.49. The number of nitrogens with zero attached hydrogens (tertiary/aromatic N) is 1. The standard InChI is InChI=1S/C28H30FNO5/c1-7-9-23(31)34-26-24(25(32)27(3,4)35-28(26,5)6)20-15-19(12-11-18(20)8-2)33-22-13-10-17(16-30)14-21(22)29/h10-15H,7-9H2,1-6H3. The smallest absolute Gasteiger partial charge is 0.310 e. The number of nitriles is 1. The molecule has 0 bridgehead atoms. The van der Waals surface area contributed by atoms with Crippen molar-refractivity contribution in [2.45, 2.75) is 72.0 Å². The summed E-state index contributed by atoms with van der Waals surface area (Å²) in [5.41, 5.74) is -0.430. The Morgan fingerprint density at radius 2 is 1.80 bits per heavy atom. The Balaban J connectivity index is 2.19. The fourth-order valence-electron chi connectivity index (χ4n) is 4.16. The van der Waals surface area contributed by atoms with Crippen LogP contribution in [-0.4, -0.2) is 23.0 Å². The molecule has 0 spiro atoms. The highest BCUT2D eigenvalue weighted by molar-refractivity contribution is 6.26. The van der Waals surface area contributed by atoms with E-state index in [2.05, 4.69) is 0 Å². The summed E-state index contributed by atoms with van der Waals surface area (Å²) >= 11 is 0. The number of ether oxygens (including phenoxy) is 3. The molecule has 1 aliphatic rings. The molecule has 0 aromatic heterocycles. The number of ketones is 1. The lowest BCUT2D eigenvalue weighted by Gasteiger charge is -2.42. The lowest BCUT2D eigenvalue weighted by atomic mass is 9.81. The first-order valence-corrected chi connectivity index (χ1v) is 11.6. The van der Waals surface area contributed by atoms with E-state index in [9.17, 15) is 14.0 Å². The molecule has 1 aliphatic heterocycles. The van der Waals surface area contributed by atoms with E-state index in [-0.39, 0.29) is 34.8 Å². The molecule has 1 heterocycles. The second kappa shape index (κ2) is 10.0. The number of rotatable bonds is 7. The molecule has 0 amide bonds. The van der Waals surface area contributed by atoms with Crippen LogP contribution in [-0.2, 0) is 25.5 Å². The molecule has 2 aromatic rings. The summed E-state index contributed by atoms with van der Waals surface area (Å²) in [5, 5.41) is 8.97. The Hall–Kier alpha value is -3.50. The number of benzene rings is 2. The van der Waals surface area contributed by atoms with E-state index in [0.717, 1.165) is 11.6 Å². The lowest BCUT2D eigenvalue weighted by molar-refractivity contribution is -0.166. The Labute approximate surface area is 205 Å². The number of carbonyl (C=O) groups is 2. The molecule has 3 rings (SSSR count). The number of hydrogen-bond donors (Lipinski definition) is 0. The summed E-state index contributed by atoms with van der Waals surface area (Å²) in [5.74, 6) is -1.06. The third-order valence-corrected chi connectivity index (χ3v) is 5.75. The molecule has 2 aromatic carbocycles. The largest absolute Gasteiger partial charge is 0.454 e. The predicted molar refractivity (Wildman–Crippen MR) is 129 cm³/mol. The fourth-order valence-corrected chi connectivity index (χ4v) is 4.16. The van der Waals surface area contributed by atoms with Gasteiger partial charge in [0.15, 0.2) is 23.1 Å². The van der Waals surface area contributed by atoms with Gasteiger partial charge in [-0.2, -0.15) is 5.26 Å². The van der Waals surface area contributed by atoms with Crippen molar-refractivity contribution in [3.63, 3.8) is 0 Å². The van der Waals surface area contributed by atoms with Gasteiger partial charge in [-0.3, -0.25) is 9.59 Å². The van der Waals surface area contributed by atoms with Crippen molar-refractivity contribution in [1.82, 2.24) is 0 Å². The van der Waals surface area contributed by atoms with E-state index in [0.29, 0.717) is 24.2 Å². The Morgan fingerprint density at radius 3 is 2.40 bits per heavy atom. The van der Waals surface area contributed by atoms with E-state index in [4.69, 9.17) is 19.5 Å². The van der Waals surface area contributed by atoms with Gasteiger partial charge in [0.2, 0.25) is 0 Å². The molecule has 0 saturated carbocycles. The van der Waals surface area contributed by atoms with Gasteiger partial charge in [0.1, 0.15) is 17.0 Å². The maximum Gasteiger partial charge on any atom is 0.310 e. The Kier molecular flexibility index (Phi) is 7.47. The predicted octanol–water partition coefficient (Wildman–Crippen LogP) is 6.26. The minimum Gasteiger partial charge on any atom is -0.454 e. The van der Waals surface area contributed by atoms with Gasteiger partial charge in [0.25, 0.3) is 0 Å². The molecule has 0 aliphatic carbocycles. The molecule has 35 heavy (non-hydrogen) atoms. The minimum atomic E-state index is -1.17. The van der Waals surface area contributed by atoms with E-state index < -0.39 is 23.0 Å². The van der Waals surface area contributed by atoms with Crippen LogP contribution in [0.15, 0.2) is 42.2 Å². The molecule has 6 nitrogen and oxygen atoms in total. The van der Waals surface area contributed by atoms with Gasteiger partial charge in [-0.15, -0.1) is 0 Å². The summed E-state index contributed by atoms with van der Waals surface area (Å²) < 4.78 is 32.0. The normalized spacial score (nSPS) is 16.6. The average molecular weight is 480 g/mol. The van der Waals surface area contributed by atoms with E-state index in [1.807, 2.05) is 19.9 Å². The first-order valence-electron chi connectivity index (χ1n) is 11.6. The molecular formula is C28H30FNO5. The van der Waals surface area contributed by atoms with Crippen molar-refractivity contribution in [3.8, 4) is 17.6 Å². The van der Waals surface area contributed by atoms with E-state index >= 15 is 0 Å². The highest BCUT2D eigenvalue weighted by atomic mass is 19.1. The fraction of sp³-hybridized carbons (Fsp3) is 0.393. The third-order valence-electron chi connectivity index (χ3n) is 5.75. The Morgan fingerprint density at radius 1 is 1.09 bits per heavy atom. The van der Waals surface area contributed by atoms with Crippen molar-refractivity contribution in [2.75, 3.05) is 0 Å². The van der Waals surface area contributed by atoms with Crippen molar-refractivity contribution in [2.24, 2.45) is 0 Å². The molecule has 0 unspecified atom stereocenters. The van der Waals surface area contributed by atoms with Crippen LogP contribution in [0.3, 0.4) is 0 Å². The molecule has 0 N–H and O–H groups in total.